The molecule has 0 bridgehead atoms. The molecule has 0 saturated heterocycles. The molecule has 2 aromatic carbocycles. The maximum Gasteiger partial charge on any atom is 0.319 e. The SMILES string of the molecule is COc1ncc(Cl)c(Oc2ccc3cc(Br)ccc3c2)n1. The summed E-state index contributed by atoms with van der Waals surface area (Å²) in [7, 11) is 1.49. The molecule has 106 valence electrons. The van der Waals surface area contributed by atoms with Crippen molar-refractivity contribution in [1.29, 1.82) is 0 Å². The van der Waals surface area contributed by atoms with Crippen molar-refractivity contribution < 1.29 is 9.47 Å². The molecule has 0 radical (unpaired) electrons. The predicted octanol–water partition coefficient (Wildman–Crippen LogP) is 4.85. The summed E-state index contributed by atoms with van der Waals surface area (Å²) >= 11 is 9.48. The fourth-order valence-electron chi connectivity index (χ4n) is 1.88. The molecule has 0 unspecified atom stereocenters. The highest BCUT2D eigenvalue weighted by Gasteiger charge is 2.09. The van der Waals surface area contributed by atoms with Crippen LogP contribution in [0.15, 0.2) is 47.1 Å². The van der Waals surface area contributed by atoms with Crippen LogP contribution in [-0.2, 0) is 0 Å². The van der Waals surface area contributed by atoms with Gasteiger partial charge in [0.15, 0.2) is 0 Å². The van der Waals surface area contributed by atoms with E-state index in [1.165, 1.54) is 13.3 Å². The Hall–Kier alpha value is -1.85. The Balaban J connectivity index is 1.96. The van der Waals surface area contributed by atoms with Crippen molar-refractivity contribution in [3.8, 4) is 17.6 Å². The zero-order valence-electron chi connectivity index (χ0n) is 11.0. The first-order valence-corrected chi connectivity index (χ1v) is 7.26. The number of fused-ring (bicyclic) bond motifs is 1. The lowest BCUT2D eigenvalue weighted by molar-refractivity contribution is 0.366. The molecule has 0 fully saturated rings. The monoisotopic (exact) mass is 364 g/mol. The summed E-state index contributed by atoms with van der Waals surface area (Å²) in [5.74, 6) is 0.910. The van der Waals surface area contributed by atoms with Crippen LogP contribution in [0.3, 0.4) is 0 Å². The van der Waals surface area contributed by atoms with Crippen molar-refractivity contribution in [1.82, 2.24) is 9.97 Å². The molecule has 21 heavy (non-hydrogen) atoms. The summed E-state index contributed by atoms with van der Waals surface area (Å²) < 4.78 is 11.7. The third kappa shape index (κ3) is 3.09. The van der Waals surface area contributed by atoms with Crippen LogP contribution in [0.25, 0.3) is 10.8 Å². The highest BCUT2D eigenvalue weighted by Crippen LogP contribution is 2.30. The Kier molecular flexibility index (Phi) is 3.94. The summed E-state index contributed by atoms with van der Waals surface area (Å²) in [6.07, 6.45) is 1.45. The normalized spacial score (nSPS) is 10.6. The van der Waals surface area contributed by atoms with Crippen LogP contribution in [0.2, 0.25) is 5.02 Å². The molecule has 1 heterocycles. The number of rotatable bonds is 3. The third-order valence-electron chi connectivity index (χ3n) is 2.86. The standard InChI is InChI=1S/C15H10BrClN2O2/c1-20-15-18-8-13(17)14(19-15)21-12-5-3-9-6-11(16)4-2-10(9)7-12/h2-8H,1H3. The minimum Gasteiger partial charge on any atom is -0.467 e. The first-order chi connectivity index (χ1) is 10.2. The quantitative estimate of drug-likeness (QED) is 0.666. The van der Waals surface area contributed by atoms with Gasteiger partial charge in [-0.05, 0) is 35.0 Å². The van der Waals surface area contributed by atoms with Gasteiger partial charge in [0.1, 0.15) is 10.8 Å². The van der Waals surface area contributed by atoms with Gasteiger partial charge in [-0.2, -0.15) is 4.98 Å². The van der Waals surface area contributed by atoms with E-state index in [9.17, 15) is 0 Å². The van der Waals surface area contributed by atoms with Crippen LogP contribution >= 0.6 is 27.5 Å². The van der Waals surface area contributed by atoms with Gasteiger partial charge in [0.05, 0.1) is 13.3 Å². The van der Waals surface area contributed by atoms with E-state index in [1.807, 2.05) is 36.4 Å². The first kappa shape index (κ1) is 14.1. The van der Waals surface area contributed by atoms with Gasteiger partial charge in [0.25, 0.3) is 0 Å². The predicted molar refractivity (Wildman–Crippen MR) is 85.3 cm³/mol. The summed E-state index contributed by atoms with van der Waals surface area (Å²) in [6.45, 7) is 0. The molecular weight excluding hydrogens is 356 g/mol. The van der Waals surface area contributed by atoms with Crippen LogP contribution in [0.4, 0.5) is 0 Å². The fourth-order valence-corrected chi connectivity index (χ4v) is 2.38. The Morgan fingerprint density at radius 1 is 1.10 bits per heavy atom. The first-order valence-electron chi connectivity index (χ1n) is 6.09. The zero-order valence-corrected chi connectivity index (χ0v) is 13.4. The summed E-state index contributed by atoms with van der Waals surface area (Å²) in [5.41, 5.74) is 0. The minimum absolute atomic E-state index is 0.208. The van der Waals surface area contributed by atoms with E-state index in [4.69, 9.17) is 21.1 Å². The van der Waals surface area contributed by atoms with E-state index >= 15 is 0 Å². The number of hydrogen-bond donors (Lipinski definition) is 0. The Labute approximate surface area is 134 Å². The maximum absolute atomic E-state index is 6.03. The van der Waals surface area contributed by atoms with Crippen LogP contribution in [-0.4, -0.2) is 17.1 Å². The molecule has 3 rings (SSSR count). The number of benzene rings is 2. The summed E-state index contributed by atoms with van der Waals surface area (Å²) in [4.78, 5) is 7.99. The van der Waals surface area contributed by atoms with Gasteiger partial charge in [-0.25, -0.2) is 4.98 Å². The van der Waals surface area contributed by atoms with Gasteiger partial charge in [0.2, 0.25) is 5.88 Å². The molecule has 0 N–H and O–H groups in total. The van der Waals surface area contributed by atoms with E-state index in [-0.39, 0.29) is 11.9 Å². The fraction of sp³-hybridized carbons (Fsp3) is 0.0667. The molecule has 3 aromatic rings. The van der Waals surface area contributed by atoms with Gasteiger partial charge in [-0.1, -0.05) is 39.7 Å². The van der Waals surface area contributed by atoms with Gasteiger partial charge in [-0.3, -0.25) is 0 Å². The second-order valence-electron chi connectivity index (χ2n) is 4.27. The number of ether oxygens (including phenoxy) is 2. The van der Waals surface area contributed by atoms with Crippen molar-refractivity contribution in [2.45, 2.75) is 0 Å². The number of methoxy groups -OCH3 is 1. The highest BCUT2D eigenvalue weighted by atomic mass is 79.9. The second kappa shape index (κ2) is 5.87. The van der Waals surface area contributed by atoms with Crippen LogP contribution < -0.4 is 9.47 Å². The smallest absolute Gasteiger partial charge is 0.319 e. The van der Waals surface area contributed by atoms with Crippen molar-refractivity contribution in [2.75, 3.05) is 7.11 Å². The lowest BCUT2D eigenvalue weighted by Gasteiger charge is -2.08. The molecule has 0 amide bonds. The van der Waals surface area contributed by atoms with E-state index in [2.05, 4.69) is 25.9 Å². The topological polar surface area (TPSA) is 44.2 Å². The average Bonchev–Trinajstić information content (AvgIpc) is 2.49. The van der Waals surface area contributed by atoms with Gasteiger partial charge in [-0.15, -0.1) is 0 Å². The lowest BCUT2D eigenvalue weighted by atomic mass is 10.1. The Bertz CT molecular complexity index is 811. The van der Waals surface area contributed by atoms with Gasteiger partial charge >= 0.3 is 6.01 Å². The minimum atomic E-state index is 0.208. The molecule has 0 saturated carbocycles. The molecular formula is C15H10BrClN2O2. The largest absolute Gasteiger partial charge is 0.467 e. The molecule has 4 nitrogen and oxygen atoms in total. The average molecular weight is 366 g/mol. The molecule has 0 aliphatic heterocycles. The summed E-state index contributed by atoms with van der Waals surface area (Å²) in [6, 6.07) is 12.0. The molecule has 0 aliphatic carbocycles. The number of hydrogen-bond acceptors (Lipinski definition) is 4. The highest BCUT2D eigenvalue weighted by molar-refractivity contribution is 9.10. The number of aromatic nitrogens is 2. The van der Waals surface area contributed by atoms with Crippen molar-refractivity contribution >= 4 is 38.3 Å². The zero-order chi connectivity index (χ0) is 14.8. The molecule has 0 aliphatic rings. The van der Waals surface area contributed by atoms with E-state index in [1.54, 1.807) is 0 Å². The van der Waals surface area contributed by atoms with E-state index in [0.29, 0.717) is 10.8 Å². The maximum atomic E-state index is 6.03. The Morgan fingerprint density at radius 3 is 2.67 bits per heavy atom. The van der Waals surface area contributed by atoms with Crippen LogP contribution in [0, 0.1) is 0 Å². The lowest BCUT2D eigenvalue weighted by Crippen LogP contribution is -1.95. The second-order valence-corrected chi connectivity index (χ2v) is 5.59. The molecule has 6 heteroatoms. The van der Waals surface area contributed by atoms with Crippen molar-refractivity contribution in [3.05, 3.63) is 52.1 Å². The van der Waals surface area contributed by atoms with Crippen LogP contribution in [0.1, 0.15) is 0 Å². The molecule has 1 aromatic heterocycles. The molecule has 0 spiro atoms. The number of nitrogens with zero attached hydrogens (tertiary/aromatic N) is 2. The van der Waals surface area contributed by atoms with Gasteiger partial charge < -0.3 is 9.47 Å². The third-order valence-corrected chi connectivity index (χ3v) is 3.61. The van der Waals surface area contributed by atoms with E-state index < -0.39 is 0 Å². The van der Waals surface area contributed by atoms with Crippen LogP contribution in [0.5, 0.6) is 17.6 Å². The van der Waals surface area contributed by atoms with Crippen molar-refractivity contribution in [2.24, 2.45) is 0 Å². The van der Waals surface area contributed by atoms with E-state index in [0.717, 1.165) is 15.2 Å². The number of halogens is 2. The summed E-state index contributed by atoms with van der Waals surface area (Å²) in [5, 5.41) is 2.50. The Morgan fingerprint density at radius 2 is 1.86 bits per heavy atom. The van der Waals surface area contributed by atoms with Gasteiger partial charge in [0, 0.05) is 4.47 Å². The van der Waals surface area contributed by atoms with Crippen molar-refractivity contribution in [3.63, 3.8) is 0 Å². The molecule has 0 atom stereocenters.